The van der Waals surface area contributed by atoms with Crippen LogP contribution in [-0.2, 0) is 19.1 Å². The molecule has 0 radical (unpaired) electrons. The molecule has 0 saturated carbocycles. The third-order valence-electron chi connectivity index (χ3n) is 1.87. The van der Waals surface area contributed by atoms with Gasteiger partial charge in [0.2, 0.25) is 0 Å². The number of ether oxygens (including phenoxy) is 2. The van der Waals surface area contributed by atoms with Crippen LogP contribution in [0.25, 0.3) is 6.08 Å². The van der Waals surface area contributed by atoms with Gasteiger partial charge in [-0.1, -0.05) is 36.9 Å². The quantitative estimate of drug-likeness (QED) is 0.618. The number of methoxy groups -OCH3 is 1. The molecule has 0 bridgehead atoms. The summed E-state index contributed by atoms with van der Waals surface area (Å²) in [6.45, 7) is 5.36. The number of hydrogen-bond donors (Lipinski definition) is 0. The van der Waals surface area contributed by atoms with E-state index in [1.54, 1.807) is 13.0 Å². The topological polar surface area (TPSA) is 52.6 Å². The van der Waals surface area contributed by atoms with Crippen LogP contribution >= 0.6 is 0 Å². The van der Waals surface area contributed by atoms with Gasteiger partial charge >= 0.3 is 11.9 Å². The van der Waals surface area contributed by atoms with Gasteiger partial charge in [0, 0.05) is 12.2 Å². The molecule has 1 rings (SSSR count). The number of carbonyl (C=O) groups is 2. The highest BCUT2D eigenvalue weighted by Gasteiger charge is 1.92. The average molecular weight is 262 g/mol. The van der Waals surface area contributed by atoms with Crippen molar-refractivity contribution in [3.63, 3.8) is 0 Å². The monoisotopic (exact) mass is 262 g/mol. The summed E-state index contributed by atoms with van der Waals surface area (Å²) in [5.74, 6) is -0.693. The summed E-state index contributed by atoms with van der Waals surface area (Å²) in [5.41, 5.74) is 0.996. The molecule has 4 nitrogen and oxygen atoms in total. The van der Waals surface area contributed by atoms with Crippen molar-refractivity contribution >= 4 is 18.0 Å². The fourth-order valence-corrected chi connectivity index (χ4v) is 1.00. The van der Waals surface area contributed by atoms with E-state index in [2.05, 4.69) is 11.3 Å². The number of benzene rings is 1. The first-order chi connectivity index (χ1) is 9.13. The van der Waals surface area contributed by atoms with E-state index in [-0.39, 0.29) is 5.97 Å². The summed E-state index contributed by atoms with van der Waals surface area (Å²) in [6.07, 6.45) is 4.27. The van der Waals surface area contributed by atoms with Gasteiger partial charge in [-0.05, 0) is 18.6 Å². The summed E-state index contributed by atoms with van der Waals surface area (Å²) in [6, 6.07) is 9.63. The Morgan fingerprint density at radius 1 is 1.21 bits per heavy atom. The molecule has 0 saturated heterocycles. The lowest BCUT2D eigenvalue weighted by molar-refractivity contribution is -0.137. The summed E-state index contributed by atoms with van der Waals surface area (Å²) in [5, 5.41) is 0. The number of carbonyl (C=O) groups excluding carboxylic acids is 2. The van der Waals surface area contributed by atoms with E-state index in [4.69, 9.17) is 4.74 Å². The maximum atomic E-state index is 10.9. The predicted molar refractivity (Wildman–Crippen MR) is 74.3 cm³/mol. The molecule has 0 N–H and O–H groups in total. The van der Waals surface area contributed by atoms with E-state index < -0.39 is 5.97 Å². The van der Waals surface area contributed by atoms with Crippen LogP contribution in [0.3, 0.4) is 0 Å². The molecule has 19 heavy (non-hydrogen) atoms. The fourth-order valence-electron chi connectivity index (χ4n) is 1.00. The maximum absolute atomic E-state index is 10.9. The highest BCUT2D eigenvalue weighted by Crippen LogP contribution is 2.00. The summed E-state index contributed by atoms with van der Waals surface area (Å²) < 4.78 is 8.88. The molecule has 1 aromatic carbocycles. The Labute approximate surface area is 113 Å². The van der Waals surface area contributed by atoms with Crippen LogP contribution < -0.4 is 0 Å². The molecule has 0 aliphatic carbocycles. The van der Waals surface area contributed by atoms with Gasteiger partial charge in [0.05, 0.1) is 13.7 Å². The first-order valence-corrected chi connectivity index (χ1v) is 5.74. The number of rotatable bonds is 4. The first-order valence-electron chi connectivity index (χ1n) is 5.74. The van der Waals surface area contributed by atoms with Crippen molar-refractivity contribution in [3.05, 3.63) is 54.6 Å². The number of hydrogen-bond acceptors (Lipinski definition) is 4. The molecule has 102 valence electrons. The minimum atomic E-state index is -0.394. The molecule has 0 unspecified atom stereocenters. The van der Waals surface area contributed by atoms with Gasteiger partial charge in [-0.15, -0.1) is 0 Å². The smallest absolute Gasteiger partial charge is 0.330 e. The lowest BCUT2D eigenvalue weighted by atomic mass is 10.2. The van der Waals surface area contributed by atoms with Gasteiger partial charge in [0.25, 0.3) is 0 Å². The minimum Gasteiger partial charge on any atom is -0.466 e. The summed E-state index contributed by atoms with van der Waals surface area (Å²) >= 11 is 0. The van der Waals surface area contributed by atoms with Gasteiger partial charge in [-0.2, -0.15) is 0 Å². The lowest BCUT2D eigenvalue weighted by Crippen LogP contribution is -1.98. The first kappa shape index (κ1) is 16.6. The third kappa shape index (κ3) is 9.35. The molecule has 0 amide bonds. The zero-order chi connectivity index (χ0) is 14.5. The molecule has 0 spiro atoms. The second kappa shape index (κ2) is 10.8. The van der Waals surface area contributed by atoms with Crippen molar-refractivity contribution in [1.29, 1.82) is 0 Å². The molecular formula is C15H18O4. The van der Waals surface area contributed by atoms with Crippen LogP contribution in [0, 0.1) is 0 Å². The van der Waals surface area contributed by atoms with Gasteiger partial charge in [0.1, 0.15) is 0 Å². The van der Waals surface area contributed by atoms with Gasteiger partial charge < -0.3 is 9.47 Å². The minimum absolute atomic E-state index is 0.300. The Kier molecular flexibility index (Phi) is 9.43. The Morgan fingerprint density at radius 3 is 2.26 bits per heavy atom. The molecule has 0 fully saturated rings. The molecule has 1 aromatic rings. The maximum Gasteiger partial charge on any atom is 0.330 e. The number of esters is 2. The van der Waals surface area contributed by atoms with E-state index in [9.17, 15) is 9.59 Å². The predicted octanol–water partition coefficient (Wildman–Crippen LogP) is 2.61. The van der Waals surface area contributed by atoms with E-state index >= 15 is 0 Å². The van der Waals surface area contributed by atoms with Crippen LogP contribution in [0.2, 0.25) is 0 Å². The second-order valence-corrected chi connectivity index (χ2v) is 3.22. The Morgan fingerprint density at radius 2 is 1.84 bits per heavy atom. The van der Waals surface area contributed by atoms with Crippen LogP contribution in [0.15, 0.2) is 49.1 Å². The highest BCUT2D eigenvalue weighted by molar-refractivity contribution is 5.86. The SMILES string of the molecule is C=CC(=O)OC.CCOC(=O)C=Cc1ccccc1. The Hall–Kier alpha value is -2.36. The van der Waals surface area contributed by atoms with Crippen molar-refractivity contribution in [2.24, 2.45) is 0 Å². The molecule has 0 aromatic heterocycles. The van der Waals surface area contributed by atoms with Crippen molar-refractivity contribution < 1.29 is 19.1 Å². The molecule has 0 aliphatic heterocycles. The average Bonchev–Trinajstić information content (AvgIpc) is 2.46. The van der Waals surface area contributed by atoms with E-state index in [1.807, 2.05) is 30.3 Å². The molecule has 0 atom stereocenters. The lowest BCUT2D eigenvalue weighted by Gasteiger charge is -1.94. The van der Waals surface area contributed by atoms with Gasteiger partial charge in [-0.25, -0.2) is 9.59 Å². The molecular weight excluding hydrogens is 244 g/mol. The van der Waals surface area contributed by atoms with Crippen molar-refractivity contribution in [2.45, 2.75) is 6.92 Å². The molecule has 0 aliphatic rings. The van der Waals surface area contributed by atoms with E-state index in [1.165, 1.54) is 13.2 Å². The van der Waals surface area contributed by atoms with Crippen LogP contribution in [0.5, 0.6) is 0 Å². The van der Waals surface area contributed by atoms with Crippen LogP contribution in [-0.4, -0.2) is 25.7 Å². The normalized spacial score (nSPS) is 9.16. The second-order valence-electron chi connectivity index (χ2n) is 3.22. The standard InChI is InChI=1S/C11H12O2.C4H6O2/c1-2-13-11(12)9-8-10-6-4-3-5-7-10;1-3-4(5)6-2/h3-9H,2H2,1H3;3H,1H2,2H3. The summed E-state index contributed by atoms with van der Waals surface area (Å²) in [7, 11) is 1.31. The van der Waals surface area contributed by atoms with E-state index in [0.29, 0.717) is 6.61 Å². The van der Waals surface area contributed by atoms with Gasteiger partial charge in [0.15, 0.2) is 0 Å². The van der Waals surface area contributed by atoms with Crippen LogP contribution in [0.1, 0.15) is 12.5 Å². The zero-order valence-electron chi connectivity index (χ0n) is 11.2. The molecule has 0 heterocycles. The third-order valence-corrected chi connectivity index (χ3v) is 1.87. The Balaban J connectivity index is 0.000000459. The largest absolute Gasteiger partial charge is 0.466 e. The van der Waals surface area contributed by atoms with Crippen LogP contribution in [0.4, 0.5) is 0 Å². The fraction of sp³-hybridized carbons (Fsp3) is 0.200. The van der Waals surface area contributed by atoms with Gasteiger partial charge in [-0.3, -0.25) is 0 Å². The summed E-state index contributed by atoms with van der Waals surface area (Å²) in [4.78, 5) is 20.7. The zero-order valence-corrected chi connectivity index (χ0v) is 11.2. The van der Waals surface area contributed by atoms with Crippen molar-refractivity contribution in [1.82, 2.24) is 0 Å². The van der Waals surface area contributed by atoms with E-state index in [0.717, 1.165) is 11.6 Å². The Bertz CT molecular complexity index is 421. The van der Waals surface area contributed by atoms with Crippen molar-refractivity contribution in [3.8, 4) is 0 Å². The molecule has 4 heteroatoms. The van der Waals surface area contributed by atoms with Crippen molar-refractivity contribution in [2.75, 3.05) is 13.7 Å². The highest BCUT2D eigenvalue weighted by atomic mass is 16.5.